The summed E-state index contributed by atoms with van der Waals surface area (Å²) in [5, 5.41) is 17.9. The van der Waals surface area contributed by atoms with E-state index in [1.807, 2.05) is 6.92 Å². The zero-order chi connectivity index (χ0) is 8.97. The molecule has 1 heterocycles. The Morgan fingerprint density at radius 1 is 1.50 bits per heavy atom. The molecule has 0 aromatic heterocycles. The van der Waals surface area contributed by atoms with Crippen LogP contribution in [0.25, 0.3) is 0 Å². The van der Waals surface area contributed by atoms with Crippen LogP contribution in [0, 0.1) is 0 Å². The average molecular weight is 174 g/mol. The van der Waals surface area contributed by atoms with Crippen molar-refractivity contribution in [3.8, 4) is 0 Å². The van der Waals surface area contributed by atoms with E-state index in [0.29, 0.717) is 6.61 Å². The molecule has 0 saturated carbocycles. The molecule has 0 fully saturated rings. The quantitative estimate of drug-likeness (QED) is 0.574. The van der Waals surface area contributed by atoms with Crippen molar-refractivity contribution >= 4 is 0 Å². The summed E-state index contributed by atoms with van der Waals surface area (Å²) in [6, 6.07) is 0. The van der Waals surface area contributed by atoms with Gasteiger partial charge in [0.05, 0.1) is 6.61 Å². The Balaban J connectivity index is 2.52. The summed E-state index contributed by atoms with van der Waals surface area (Å²) in [5.74, 6) is 0. The Labute approximate surface area is 71.4 Å². The van der Waals surface area contributed by atoms with Crippen LogP contribution in [0.15, 0.2) is 12.2 Å². The number of hydrogen-bond donors (Lipinski definition) is 2. The summed E-state index contributed by atoms with van der Waals surface area (Å²) < 4.78 is 10.2. The van der Waals surface area contributed by atoms with Gasteiger partial charge in [-0.15, -0.1) is 0 Å². The first-order valence-electron chi connectivity index (χ1n) is 4.02. The van der Waals surface area contributed by atoms with Gasteiger partial charge in [-0.05, 0) is 13.0 Å². The monoisotopic (exact) mass is 174 g/mol. The Bertz CT molecular complexity index is 157. The van der Waals surface area contributed by atoms with Gasteiger partial charge in [0.1, 0.15) is 12.2 Å². The Hall–Kier alpha value is -0.420. The maximum Gasteiger partial charge on any atom is 0.174 e. The molecule has 1 aliphatic heterocycles. The Morgan fingerprint density at radius 2 is 2.25 bits per heavy atom. The Kier molecular flexibility index (Phi) is 3.68. The average Bonchev–Trinajstić information content (AvgIpc) is 2.08. The topological polar surface area (TPSA) is 58.9 Å². The molecule has 3 atom stereocenters. The molecule has 0 aromatic rings. The lowest BCUT2D eigenvalue weighted by atomic mass is 10.1. The molecule has 2 N–H and O–H groups in total. The molecule has 0 unspecified atom stereocenters. The maximum atomic E-state index is 9.02. The van der Waals surface area contributed by atoms with Crippen LogP contribution >= 0.6 is 0 Å². The van der Waals surface area contributed by atoms with Crippen LogP contribution < -0.4 is 0 Å². The van der Waals surface area contributed by atoms with Crippen LogP contribution in [-0.2, 0) is 9.47 Å². The van der Waals surface area contributed by atoms with Gasteiger partial charge < -0.3 is 19.7 Å². The summed E-state index contributed by atoms with van der Waals surface area (Å²) in [6.07, 6.45) is 1.60. The summed E-state index contributed by atoms with van der Waals surface area (Å²) >= 11 is 0. The third-order valence-corrected chi connectivity index (χ3v) is 1.69. The minimum Gasteiger partial charge on any atom is -0.394 e. The van der Waals surface area contributed by atoms with Crippen LogP contribution in [0.3, 0.4) is 0 Å². The normalized spacial score (nSPS) is 35.4. The molecule has 0 saturated heterocycles. The van der Waals surface area contributed by atoms with Gasteiger partial charge in [-0.1, -0.05) is 6.08 Å². The molecule has 1 rings (SSSR count). The van der Waals surface area contributed by atoms with Gasteiger partial charge in [-0.25, -0.2) is 0 Å². The zero-order valence-corrected chi connectivity index (χ0v) is 7.01. The molecule has 0 aliphatic carbocycles. The molecular weight excluding hydrogens is 160 g/mol. The van der Waals surface area contributed by atoms with Gasteiger partial charge in [-0.3, -0.25) is 0 Å². The van der Waals surface area contributed by atoms with Gasteiger partial charge >= 0.3 is 0 Å². The summed E-state index contributed by atoms with van der Waals surface area (Å²) in [6.45, 7) is 2.28. The first-order valence-corrected chi connectivity index (χ1v) is 4.02. The molecule has 0 bridgehead atoms. The van der Waals surface area contributed by atoms with Crippen molar-refractivity contribution in [2.75, 3.05) is 13.2 Å². The highest BCUT2D eigenvalue weighted by atomic mass is 16.6. The maximum absolute atomic E-state index is 9.02. The Morgan fingerprint density at radius 3 is 2.83 bits per heavy atom. The van der Waals surface area contributed by atoms with Crippen molar-refractivity contribution in [3.05, 3.63) is 12.2 Å². The highest BCUT2D eigenvalue weighted by Gasteiger charge is 2.25. The molecule has 4 heteroatoms. The van der Waals surface area contributed by atoms with Gasteiger partial charge in [0, 0.05) is 6.61 Å². The molecule has 70 valence electrons. The first kappa shape index (κ1) is 9.67. The molecule has 0 aromatic carbocycles. The number of aliphatic hydroxyl groups is 2. The molecule has 1 aliphatic rings. The SMILES string of the molecule is CCO[C@H]1C=C[C@@H](O)O[C@@H]1CO. The first-order chi connectivity index (χ1) is 5.77. The summed E-state index contributed by atoms with van der Waals surface area (Å²) in [4.78, 5) is 0. The third-order valence-electron chi connectivity index (χ3n) is 1.69. The minimum atomic E-state index is -0.918. The number of aliphatic hydroxyl groups excluding tert-OH is 2. The van der Waals surface area contributed by atoms with Crippen LogP contribution in [0.2, 0.25) is 0 Å². The fourth-order valence-electron chi connectivity index (χ4n) is 1.13. The van der Waals surface area contributed by atoms with E-state index in [9.17, 15) is 0 Å². The molecule has 12 heavy (non-hydrogen) atoms. The van der Waals surface area contributed by atoms with E-state index in [0.717, 1.165) is 0 Å². The van der Waals surface area contributed by atoms with Crippen molar-refractivity contribution in [1.29, 1.82) is 0 Å². The predicted molar refractivity (Wildman–Crippen MR) is 42.5 cm³/mol. The summed E-state index contributed by atoms with van der Waals surface area (Å²) in [7, 11) is 0. The van der Waals surface area contributed by atoms with Gasteiger partial charge in [0.2, 0.25) is 0 Å². The lowest BCUT2D eigenvalue weighted by molar-refractivity contribution is -0.164. The van der Waals surface area contributed by atoms with Crippen molar-refractivity contribution in [3.63, 3.8) is 0 Å². The zero-order valence-electron chi connectivity index (χ0n) is 7.01. The molecule has 0 amide bonds. The van der Waals surface area contributed by atoms with E-state index in [1.165, 1.54) is 6.08 Å². The standard InChI is InChI=1S/C8H14O4/c1-2-11-6-3-4-8(10)12-7(6)5-9/h3-4,6-10H,2,5H2,1H3/t6-,7+,8-/m0/s1. The molecular formula is C8H14O4. The lowest BCUT2D eigenvalue weighted by Crippen LogP contribution is -2.39. The number of ether oxygens (including phenoxy) is 2. The van der Waals surface area contributed by atoms with Crippen LogP contribution in [0.4, 0.5) is 0 Å². The minimum absolute atomic E-state index is 0.147. The van der Waals surface area contributed by atoms with Crippen molar-refractivity contribution in [2.45, 2.75) is 25.4 Å². The van der Waals surface area contributed by atoms with E-state index in [-0.39, 0.29) is 12.7 Å². The second-order valence-electron chi connectivity index (χ2n) is 2.55. The third kappa shape index (κ3) is 2.28. The van der Waals surface area contributed by atoms with Crippen molar-refractivity contribution in [2.24, 2.45) is 0 Å². The highest BCUT2D eigenvalue weighted by molar-refractivity contribution is 4.99. The smallest absolute Gasteiger partial charge is 0.174 e. The van der Waals surface area contributed by atoms with Crippen molar-refractivity contribution in [1.82, 2.24) is 0 Å². The summed E-state index contributed by atoms with van der Waals surface area (Å²) in [5.41, 5.74) is 0. The second-order valence-corrected chi connectivity index (χ2v) is 2.55. The van der Waals surface area contributed by atoms with Gasteiger partial charge in [0.25, 0.3) is 0 Å². The lowest BCUT2D eigenvalue weighted by Gasteiger charge is -2.28. The molecule has 0 spiro atoms. The van der Waals surface area contributed by atoms with E-state index < -0.39 is 12.4 Å². The van der Waals surface area contributed by atoms with E-state index in [1.54, 1.807) is 6.08 Å². The molecule has 4 nitrogen and oxygen atoms in total. The molecule has 0 radical (unpaired) electrons. The van der Waals surface area contributed by atoms with Crippen LogP contribution in [0.1, 0.15) is 6.92 Å². The fraction of sp³-hybridized carbons (Fsp3) is 0.750. The highest BCUT2D eigenvalue weighted by Crippen LogP contribution is 2.13. The van der Waals surface area contributed by atoms with Gasteiger partial charge in [-0.2, -0.15) is 0 Å². The number of rotatable bonds is 3. The van der Waals surface area contributed by atoms with Crippen molar-refractivity contribution < 1.29 is 19.7 Å². The van der Waals surface area contributed by atoms with Gasteiger partial charge in [0.15, 0.2) is 6.29 Å². The van der Waals surface area contributed by atoms with Crippen LogP contribution in [-0.4, -0.2) is 41.9 Å². The predicted octanol–water partition coefficient (Wildman–Crippen LogP) is -0.343. The van der Waals surface area contributed by atoms with E-state index in [2.05, 4.69) is 0 Å². The van der Waals surface area contributed by atoms with E-state index >= 15 is 0 Å². The van der Waals surface area contributed by atoms with E-state index in [4.69, 9.17) is 19.7 Å². The second kappa shape index (κ2) is 4.57. The van der Waals surface area contributed by atoms with Crippen LogP contribution in [0.5, 0.6) is 0 Å². The largest absolute Gasteiger partial charge is 0.394 e. The fourth-order valence-corrected chi connectivity index (χ4v) is 1.13. The number of hydrogen-bond acceptors (Lipinski definition) is 4.